The summed E-state index contributed by atoms with van der Waals surface area (Å²) in [5.41, 5.74) is 3.27. The first-order chi connectivity index (χ1) is 11.2. The van der Waals surface area contributed by atoms with E-state index in [1.54, 1.807) is 0 Å². The van der Waals surface area contributed by atoms with Crippen molar-refractivity contribution < 1.29 is 9.84 Å². The standard InChI is InChI=1S/C18H23N3O2/c1-3-21(16-11-23-12-17(16)22)10-14-8-19-18(20-9-14)15-6-4-5-13(2)7-15/h4-9,16-17,22H,3,10-12H2,1-2H3/t16-,17-/m1/s1. The molecule has 5 nitrogen and oxygen atoms in total. The van der Waals surface area contributed by atoms with Gasteiger partial charge in [-0.05, 0) is 19.5 Å². The average Bonchev–Trinajstić information content (AvgIpc) is 2.99. The smallest absolute Gasteiger partial charge is 0.159 e. The first-order valence-electron chi connectivity index (χ1n) is 8.05. The van der Waals surface area contributed by atoms with Crippen LogP contribution in [0, 0.1) is 6.92 Å². The van der Waals surface area contributed by atoms with Crippen LogP contribution in [-0.4, -0.2) is 51.9 Å². The Balaban J connectivity index is 1.71. The van der Waals surface area contributed by atoms with Crippen molar-refractivity contribution in [1.29, 1.82) is 0 Å². The SMILES string of the molecule is CCN(Cc1cnc(-c2cccc(C)c2)nc1)[C@@H]1COC[C@H]1O. The maximum Gasteiger partial charge on any atom is 0.159 e. The minimum absolute atomic E-state index is 0.0523. The fourth-order valence-electron chi connectivity index (χ4n) is 2.95. The molecule has 0 spiro atoms. The van der Waals surface area contributed by atoms with Gasteiger partial charge in [0, 0.05) is 30.1 Å². The molecule has 1 saturated heterocycles. The number of likely N-dealkylation sites (N-methyl/N-ethyl adjacent to an activating group) is 1. The molecule has 1 N–H and O–H groups in total. The molecule has 122 valence electrons. The van der Waals surface area contributed by atoms with E-state index in [1.165, 1.54) is 5.56 Å². The quantitative estimate of drug-likeness (QED) is 0.915. The van der Waals surface area contributed by atoms with Gasteiger partial charge in [-0.15, -0.1) is 0 Å². The zero-order chi connectivity index (χ0) is 16.2. The van der Waals surface area contributed by atoms with E-state index in [2.05, 4.69) is 40.8 Å². The van der Waals surface area contributed by atoms with Gasteiger partial charge in [-0.25, -0.2) is 9.97 Å². The van der Waals surface area contributed by atoms with Crippen LogP contribution in [0.2, 0.25) is 0 Å². The lowest BCUT2D eigenvalue weighted by Gasteiger charge is -2.28. The van der Waals surface area contributed by atoms with Crippen LogP contribution < -0.4 is 0 Å². The lowest BCUT2D eigenvalue weighted by atomic mass is 10.1. The molecule has 1 fully saturated rings. The van der Waals surface area contributed by atoms with Crippen molar-refractivity contribution >= 4 is 0 Å². The zero-order valence-corrected chi connectivity index (χ0v) is 13.6. The second kappa shape index (κ2) is 7.17. The molecule has 1 aromatic carbocycles. The Kier molecular flexibility index (Phi) is 5.00. The monoisotopic (exact) mass is 313 g/mol. The van der Waals surface area contributed by atoms with Crippen molar-refractivity contribution in [2.45, 2.75) is 32.5 Å². The Morgan fingerprint density at radius 1 is 1.26 bits per heavy atom. The number of aromatic nitrogens is 2. The van der Waals surface area contributed by atoms with Crippen molar-refractivity contribution in [3.05, 3.63) is 47.8 Å². The number of aliphatic hydroxyl groups is 1. The lowest BCUT2D eigenvalue weighted by Crippen LogP contribution is -2.42. The molecule has 0 bridgehead atoms. The number of aryl methyl sites for hydroxylation is 1. The summed E-state index contributed by atoms with van der Waals surface area (Å²) in [6, 6.07) is 8.23. The number of rotatable bonds is 5. The third-order valence-corrected chi connectivity index (χ3v) is 4.26. The second-order valence-electron chi connectivity index (χ2n) is 6.02. The highest BCUT2D eigenvalue weighted by molar-refractivity contribution is 5.55. The summed E-state index contributed by atoms with van der Waals surface area (Å²) in [4.78, 5) is 11.2. The van der Waals surface area contributed by atoms with Crippen molar-refractivity contribution in [2.75, 3.05) is 19.8 Å². The molecular formula is C18H23N3O2. The van der Waals surface area contributed by atoms with Crippen LogP contribution in [0.15, 0.2) is 36.7 Å². The van der Waals surface area contributed by atoms with Gasteiger partial charge >= 0.3 is 0 Å². The Labute approximate surface area is 137 Å². The molecule has 1 aliphatic rings. The zero-order valence-electron chi connectivity index (χ0n) is 13.6. The highest BCUT2D eigenvalue weighted by Crippen LogP contribution is 2.18. The van der Waals surface area contributed by atoms with E-state index in [-0.39, 0.29) is 6.04 Å². The van der Waals surface area contributed by atoms with Gasteiger partial charge in [0.1, 0.15) is 0 Å². The van der Waals surface area contributed by atoms with Crippen LogP contribution >= 0.6 is 0 Å². The molecule has 2 aromatic rings. The van der Waals surface area contributed by atoms with Gasteiger partial charge in [-0.1, -0.05) is 30.7 Å². The maximum absolute atomic E-state index is 9.99. The summed E-state index contributed by atoms with van der Waals surface area (Å²) in [5.74, 6) is 0.740. The van der Waals surface area contributed by atoms with E-state index in [0.717, 1.165) is 30.0 Å². The Morgan fingerprint density at radius 3 is 2.65 bits per heavy atom. The summed E-state index contributed by atoms with van der Waals surface area (Å²) in [6.45, 7) is 6.72. The summed E-state index contributed by atoms with van der Waals surface area (Å²) in [6.07, 6.45) is 3.33. The average molecular weight is 313 g/mol. The van der Waals surface area contributed by atoms with Gasteiger partial charge in [0.25, 0.3) is 0 Å². The molecule has 1 aromatic heterocycles. The minimum Gasteiger partial charge on any atom is -0.389 e. The molecule has 0 amide bonds. The highest BCUT2D eigenvalue weighted by atomic mass is 16.5. The van der Waals surface area contributed by atoms with Crippen molar-refractivity contribution in [3.63, 3.8) is 0 Å². The number of nitrogens with zero attached hydrogens (tertiary/aromatic N) is 3. The maximum atomic E-state index is 9.99. The summed E-state index contributed by atoms with van der Waals surface area (Å²) >= 11 is 0. The normalized spacial score (nSPS) is 21.0. The van der Waals surface area contributed by atoms with Gasteiger partial charge in [0.05, 0.1) is 25.4 Å². The van der Waals surface area contributed by atoms with Gasteiger partial charge in [-0.3, -0.25) is 4.90 Å². The Morgan fingerprint density at radius 2 is 2.04 bits per heavy atom. The molecule has 0 radical (unpaired) electrons. The fraction of sp³-hybridized carbons (Fsp3) is 0.444. The Hall–Kier alpha value is -1.82. The molecule has 0 unspecified atom stereocenters. The molecule has 2 heterocycles. The molecule has 23 heavy (non-hydrogen) atoms. The fourth-order valence-corrected chi connectivity index (χ4v) is 2.95. The van der Waals surface area contributed by atoms with Crippen LogP contribution in [0.3, 0.4) is 0 Å². The molecule has 3 rings (SSSR count). The minimum atomic E-state index is -0.414. The predicted molar refractivity (Wildman–Crippen MR) is 88.9 cm³/mol. The highest BCUT2D eigenvalue weighted by Gasteiger charge is 2.30. The van der Waals surface area contributed by atoms with Crippen LogP contribution in [0.1, 0.15) is 18.1 Å². The lowest BCUT2D eigenvalue weighted by molar-refractivity contribution is 0.0807. The second-order valence-corrected chi connectivity index (χ2v) is 6.02. The van der Waals surface area contributed by atoms with Crippen LogP contribution in [0.25, 0.3) is 11.4 Å². The van der Waals surface area contributed by atoms with Crippen molar-refractivity contribution in [1.82, 2.24) is 14.9 Å². The van der Waals surface area contributed by atoms with Crippen LogP contribution in [-0.2, 0) is 11.3 Å². The van der Waals surface area contributed by atoms with Crippen LogP contribution in [0.5, 0.6) is 0 Å². The van der Waals surface area contributed by atoms with Gasteiger partial charge in [0.15, 0.2) is 5.82 Å². The number of hydrogen-bond donors (Lipinski definition) is 1. The third-order valence-electron chi connectivity index (χ3n) is 4.26. The predicted octanol–water partition coefficient (Wildman–Crippen LogP) is 2.03. The third kappa shape index (κ3) is 3.75. The topological polar surface area (TPSA) is 58.5 Å². The number of ether oxygens (including phenoxy) is 1. The van der Waals surface area contributed by atoms with E-state index in [4.69, 9.17) is 4.74 Å². The van der Waals surface area contributed by atoms with E-state index >= 15 is 0 Å². The number of hydrogen-bond acceptors (Lipinski definition) is 5. The van der Waals surface area contributed by atoms with E-state index in [0.29, 0.717) is 13.2 Å². The van der Waals surface area contributed by atoms with E-state index < -0.39 is 6.10 Å². The molecule has 5 heteroatoms. The largest absolute Gasteiger partial charge is 0.389 e. The first-order valence-corrected chi connectivity index (χ1v) is 8.05. The van der Waals surface area contributed by atoms with Crippen molar-refractivity contribution in [3.8, 4) is 11.4 Å². The summed E-state index contributed by atoms with van der Waals surface area (Å²) < 4.78 is 5.36. The Bertz CT molecular complexity index is 645. The van der Waals surface area contributed by atoms with Gasteiger partial charge in [0.2, 0.25) is 0 Å². The van der Waals surface area contributed by atoms with E-state index in [1.807, 2.05) is 24.5 Å². The summed E-state index contributed by atoms with van der Waals surface area (Å²) in [5, 5.41) is 9.99. The van der Waals surface area contributed by atoms with E-state index in [9.17, 15) is 5.11 Å². The van der Waals surface area contributed by atoms with Crippen LogP contribution in [0.4, 0.5) is 0 Å². The van der Waals surface area contributed by atoms with Gasteiger partial charge < -0.3 is 9.84 Å². The first kappa shape index (κ1) is 16.1. The summed E-state index contributed by atoms with van der Waals surface area (Å²) in [7, 11) is 0. The number of benzene rings is 1. The van der Waals surface area contributed by atoms with Crippen molar-refractivity contribution in [2.24, 2.45) is 0 Å². The molecule has 0 aliphatic carbocycles. The number of aliphatic hydroxyl groups excluding tert-OH is 1. The molecule has 1 aliphatic heterocycles. The molecule has 0 saturated carbocycles. The molecular weight excluding hydrogens is 290 g/mol. The van der Waals surface area contributed by atoms with Gasteiger partial charge in [-0.2, -0.15) is 0 Å². The molecule has 2 atom stereocenters.